The van der Waals surface area contributed by atoms with Gasteiger partial charge in [0.1, 0.15) is 28.7 Å². The van der Waals surface area contributed by atoms with Crippen molar-refractivity contribution in [3.05, 3.63) is 155 Å². The molecule has 12 heteroatoms. The van der Waals surface area contributed by atoms with Crippen LogP contribution in [0, 0.1) is 0 Å². The van der Waals surface area contributed by atoms with Crippen LogP contribution in [0.15, 0.2) is 127 Å². The first-order valence-corrected chi connectivity index (χ1v) is 19.1. The Labute approximate surface area is 335 Å². The van der Waals surface area contributed by atoms with E-state index < -0.39 is 0 Å². The smallest absolute Gasteiger partial charge is 0.324 e. The number of rotatable bonds is 9. The zero-order chi connectivity index (χ0) is 39.7. The number of benzene rings is 6. The number of fused-ring (bicyclic) bond motifs is 3. The van der Waals surface area contributed by atoms with Crippen molar-refractivity contribution in [2.24, 2.45) is 0 Å². The third kappa shape index (κ3) is 9.91. The van der Waals surface area contributed by atoms with E-state index in [0.717, 1.165) is 51.4 Å². The molecule has 0 radical (unpaired) electrons. The zero-order valence-corrected chi connectivity index (χ0v) is 32.6. The molecule has 0 saturated carbocycles. The molecule has 2 N–H and O–H groups in total. The van der Waals surface area contributed by atoms with Gasteiger partial charge in [-0.1, -0.05) is 75.1 Å². The molecule has 0 aromatic heterocycles. The van der Waals surface area contributed by atoms with E-state index in [1.54, 1.807) is 7.11 Å². The van der Waals surface area contributed by atoms with Gasteiger partial charge in [-0.05, 0) is 117 Å². The standard InChI is InChI=1S/3C15H15BO3/c1-16-13-8-7-12(9-11(13)10-18-16)19-15-6-4-3-5-14(15)17-2;1-16-15-7-6-14(8-12(15)10-18-16)19-13-4-2-11(9-17)3-5-13;1-16-15-6-5-14(8-12(15)10-18-16)19-13-4-2-3-11(7-13)9-17/h3-9H,10H2,1-2H3;2*2-8,17H,9-10H2,1H3. The van der Waals surface area contributed by atoms with Gasteiger partial charge < -0.3 is 43.1 Å². The lowest BCUT2D eigenvalue weighted by Crippen LogP contribution is -2.23. The molecule has 6 aromatic rings. The number of para-hydroxylation sites is 2. The van der Waals surface area contributed by atoms with Gasteiger partial charge in [0.2, 0.25) is 0 Å². The molecule has 0 atom stereocenters. The molecule has 3 aliphatic rings. The lowest BCUT2D eigenvalue weighted by atomic mass is 9.64. The molecule has 0 saturated heterocycles. The van der Waals surface area contributed by atoms with Gasteiger partial charge in [-0.2, -0.15) is 0 Å². The molecule has 288 valence electrons. The first-order chi connectivity index (χ1) is 27.8. The van der Waals surface area contributed by atoms with E-state index in [4.69, 9.17) is 43.1 Å². The highest BCUT2D eigenvalue weighted by Gasteiger charge is 2.25. The van der Waals surface area contributed by atoms with Crippen LogP contribution in [0.5, 0.6) is 40.2 Å². The van der Waals surface area contributed by atoms with Crippen molar-refractivity contribution in [2.45, 2.75) is 53.5 Å². The predicted octanol–water partition coefficient (Wildman–Crippen LogP) is 7.51. The number of ether oxygens (including phenoxy) is 4. The number of aliphatic hydroxyl groups is 2. The van der Waals surface area contributed by atoms with E-state index in [1.165, 1.54) is 33.1 Å². The Hall–Kier alpha value is -5.49. The van der Waals surface area contributed by atoms with Crippen LogP contribution in [-0.4, -0.2) is 38.1 Å². The fourth-order valence-electron chi connectivity index (χ4n) is 6.89. The van der Waals surface area contributed by atoms with Crippen molar-refractivity contribution in [3.63, 3.8) is 0 Å². The summed E-state index contributed by atoms with van der Waals surface area (Å²) in [6, 6.07) is 40.7. The molecule has 0 fully saturated rings. The zero-order valence-electron chi connectivity index (χ0n) is 32.6. The maximum Gasteiger partial charge on any atom is 0.324 e. The van der Waals surface area contributed by atoms with Crippen molar-refractivity contribution in [1.29, 1.82) is 0 Å². The van der Waals surface area contributed by atoms with E-state index in [2.05, 4.69) is 38.7 Å². The number of hydrogen-bond acceptors (Lipinski definition) is 9. The Bertz CT molecular complexity index is 2280. The van der Waals surface area contributed by atoms with E-state index in [-0.39, 0.29) is 34.0 Å². The lowest BCUT2D eigenvalue weighted by molar-refractivity contribution is 0.281. The highest BCUT2D eigenvalue weighted by atomic mass is 16.5. The van der Waals surface area contributed by atoms with E-state index >= 15 is 0 Å². The van der Waals surface area contributed by atoms with Crippen LogP contribution >= 0.6 is 0 Å². The van der Waals surface area contributed by atoms with Crippen molar-refractivity contribution in [2.75, 3.05) is 7.11 Å². The van der Waals surface area contributed by atoms with Crippen molar-refractivity contribution >= 4 is 37.1 Å². The Morgan fingerprint density at radius 3 is 1.39 bits per heavy atom. The molecule has 6 aromatic carbocycles. The van der Waals surface area contributed by atoms with Gasteiger partial charge in [-0.15, -0.1) is 0 Å². The number of methoxy groups -OCH3 is 1. The third-order valence-corrected chi connectivity index (χ3v) is 10.1. The molecule has 3 aliphatic heterocycles. The normalized spacial score (nSPS) is 13.4. The summed E-state index contributed by atoms with van der Waals surface area (Å²) in [4.78, 5) is 0. The molecule has 0 spiro atoms. The highest BCUT2D eigenvalue weighted by molar-refractivity contribution is 6.68. The monoisotopic (exact) mass is 762 g/mol. The minimum Gasteiger partial charge on any atom is -0.493 e. The Balaban J connectivity index is 0.000000131. The number of aliphatic hydroxyl groups excluding tert-OH is 2. The van der Waals surface area contributed by atoms with Gasteiger partial charge >= 0.3 is 20.7 Å². The van der Waals surface area contributed by atoms with Crippen LogP contribution in [0.3, 0.4) is 0 Å². The van der Waals surface area contributed by atoms with Crippen LogP contribution in [0.4, 0.5) is 0 Å². The quantitative estimate of drug-likeness (QED) is 0.145. The summed E-state index contributed by atoms with van der Waals surface area (Å²) < 4.78 is 39.5. The van der Waals surface area contributed by atoms with Crippen LogP contribution in [0.2, 0.25) is 20.5 Å². The Morgan fingerprint density at radius 2 is 0.895 bits per heavy atom. The van der Waals surface area contributed by atoms with Crippen molar-refractivity contribution in [3.8, 4) is 40.2 Å². The average Bonchev–Trinajstić information content (AvgIpc) is 3.93. The minimum atomic E-state index is 0.0206. The summed E-state index contributed by atoms with van der Waals surface area (Å²) in [5.41, 5.74) is 9.01. The summed E-state index contributed by atoms with van der Waals surface area (Å²) in [6.07, 6.45) is 0. The minimum absolute atomic E-state index is 0.0206. The summed E-state index contributed by atoms with van der Waals surface area (Å²) in [5.74, 6) is 5.37. The fraction of sp³-hybridized carbons (Fsp3) is 0.200. The van der Waals surface area contributed by atoms with E-state index in [0.29, 0.717) is 19.8 Å². The van der Waals surface area contributed by atoms with Crippen LogP contribution < -0.4 is 35.3 Å². The van der Waals surface area contributed by atoms with Crippen molar-refractivity contribution in [1.82, 2.24) is 0 Å². The Morgan fingerprint density at radius 1 is 0.456 bits per heavy atom. The SMILES string of the molecule is CB1OCc2cc(Oc3ccc(CO)cc3)ccc21.CB1OCc2cc(Oc3cccc(CO)c3)ccc21.COc1ccccc1Oc1ccc2c(c1)COB2C. The molecule has 57 heavy (non-hydrogen) atoms. The highest BCUT2D eigenvalue weighted by Crippen LogP contribution is 2.32. The van der Waals surface area contributed by atoms with Gasteiger partial charge in [0.15, 0.2) is 11.5 Å². The lowest BCUT2D eigenvalue weighted by Gasteiger charge is -2.10. The molecule has 0 bridgehead atoms. The molecular weight excluding hydrogens is 717 g/mol. The van der Waals surface area contributed by atoms with Gasteiger partial charge in [-0.3, -0.25) is 0 Å². The summed E-state index contributed by atoms with van der Waals surface area (Å²) in [5, 5.41) is 18.1. The molecule has 0 unspecified atom stereocenters. The second kappa shape index (κ2) is 18.6. The molecular formula is C45H45B3O9. The van der Waals surface area contributed by atoms with Crippen LogP contribution in [-0.2, 0) is 47.0 Å². The second-order valence-corrected chi connectivity index (χ2v) is 14.0. The first-order valence-electron chi connectivity index (χ1n) is 19.1. The van der Waals surface area contributed by atoms with E-state index in [9.17, 15) is 0 Å². The Kier molecular flexibility index (Phi) is 13.0. The summed E-state index contributed by atoms with van der Waals surface area (Å²) in [7, 11) is 1.64. The van der Waals surface area contributed by atoms with Crippen molar-refractivity contribution < 1.29 is 43.1 Å². The summed E-state index contributed by atoms with van der Waals surface area (Å²) in [6.45, 7) is 8.70. The fourth-order valence-corrected chi connectivity index (χ4v) is 6.89. The number of hydrogen-bond donors (Lipinski definition) is 2. The second-order valence-electron chi connectivity index (χ2n) is 14.0. The van der Waals surface area contributed by atoms with Gasteiger partial charge in [0.25, 0.3) is 0 Å². The first kappa shape index (κ1) is 39.7. The van der Waals surface area contributed by atoms with Crippen LogP contribution in [0.25, 0.3) is 0 Å². The molecule has 0 amide bonds. The maximum absolute atomic E-state index is 9.11. The van der Waals surface area contributed by atoms with Gasteiger partial charge in [-0.25, -0.2) is 0 Å². The van der Waals surface area contributed by atoms with Gasteiger partial charge in [0.05, 0.1) is 40.1 Å². The summed E-state index contributed by atoms with van der Waals surface area (Å²) >= 11 is 0. The van der Waals surface area contributed by atoms with E-state index in [1.807, 2.05) is 109 Å². The molecule has 3 heterocycles. The molecule has 0 aliphatic carbocycles. The third-order valence-electron chi connectivity index (χ3n) is 10.1. The largest absolute Gasteiger partial charge is 0.493 e. The predicted molar refractivity (Wildman–Crippen MR) is 225 cm³/mol. The van der Waals surface area contributed by atoms with Crippen LogP contribution in [0.1, 0.15) is 27.8 Å². The average molecular weight is 762 g/mol. The molecule has 9 rings (SSSR count). The van der Waals surface area contributed by atoms with Gasteiger partial charge in [0, 0.05) is 0 Å². The molecule has 9 nitrogen and oxygen atoms in total. The maximum atomic E-state index is 9.11. The topological polar surface area (TPSA) is 105 Å².